The highest BCUT2D eigenvalue weighted by Crippen LogP contribution is 2.30. The van der Waals surface area contributed by atoms with Gasteiger partial charge in [0.1, 0.15) is 16.8 Å². The summed E-state index contributed by atoms with van der Waals surface area (Å²) in [6.45, 7) is 5.05. The zero-order valence-corrected chi connectivity index (χ0v) is 20.1. The number of rotatable bonds is 9. The summed E-state index contributed by atoms with van der Waals surface area (Å²) in [5.41, 5.74) is 0.684. The van der Waals surface area contributed by atoms with Gasteiger partial charge in [-0.3, -0.25) is 14.4 Å². The number of hydrogen-bond acceptors (Lipinski definition) is 5. The van der Waals surface area contributed by atoms with Gasteiger partial charge in [-0.05, 0) is 50.1 Å². The smallest absolute Gasteiger partial charge is 0.269 e. The van der Waals surface area contributed by atoms with Crippen LogP contribution in [-0.4, -0.2) is 54.0 Å². The molecule has 0 saturated carbocycles. The molecule has 2 aromatic rings. The number of carbonyl (C=O) groups excluding carboxylic acids is 3. The van der Waals surface area contributed by atoms with Crippen LogP contribution in [0.4, 0.5) is 4.39 Å². The van der Waals surface area contributed by atoms with Crippen LogP contribution >= 0.6 is 0 Å². The summed E-state index contributed by atoms with van der Waals surface area (Å²) in [4.78, 5) is 40.0. The number of amides is 3. The number of nitrogens with zero attached hydrogens (tertiary/aromatic N) is 2. The van der Waals surface area contributed by atoms with Gasteiger partial charge in [0, 0.05) is 25.6 Å². The Morgan fingerprint density at radius 3 is 2.32 bits per heavy atom. The second-order valence-electron chi connectivity index (χ2n) is 8.36. The molecule has 2 aromatic carbocycles. The van der Waals surface area contributed by atoms with Crippen molar-refractivity contribution >= 4 is 27.7 Å². The number of nitrogens with one attached hydrogen (secondary N) is 1. The fourth-order valence-corrected chi connectivity index (χ4v) is 5.45. The summed E-state index contributed by atoms with van der Waals surface area (Å²) in [6.07, 6.45) is 0.0173. The Labute approximate surface area is 198 Å². The van der Waals surface area contributed by atoms with E-state index in [-0.39, 0.29) is 41.9 Å². The molecule has 1 N–H and O–H groups in total. The average Bonchev–Trinajstić information content (AvgIpc) is 2.98. The average molecular weight is 490 g/mol. The Morgan fingerprint density at radius 1 is 1.09 bits per heavy atom. The maximum Gasteiger partial charge on any atom is 0.269 e. The van der Waals surface area contributed by atoms with Crippen LogP contribution in [0.5, 0.6) is 0 Å². The number of halogens is 1. The van der Waals surface area contributed by atoms with Crippen LogP contribution < -0.4 is 5.32 Å². The van der Waals surface area contributed by atoms with Crippen LogP contribution in [0.3, 0.4) is 0 Å². The fourth-order valence-electron chi connectivity index (χ4n) is 3.88. The van der Waals surface area contributed by atoms with Gasteiger partial charge in [-0.15, -0.1) is 0 Å². The Bertz CT molecular complexity index is 1180. The van der Waals surface area contributed by atoms with Crippen LogP contribution in [-0.2, 0) is 26.2 Å². The summed E-state index contributed by atoms with van der Waals surface area (Å²) >= 11 is 0. The van der Waals surface area contributed by atoms with E-state index in [4.69, 9.17) is 0 Å². The quantitative estimate of drug-likeness (QED) is 0.583. The van der Waals surface area contributed by atoms with Crippen LogP contribution in [0.15, 0.2) is 53.4 Å². The van der Waals surface area contributed by atoms with E-state index in [1.54, 1.807) is 26.8 Å². The topological polar surface area (TPSA) is 104 Å². The largest absolute Gasteiger partial charge is 0.352 e. The molecular weight excluding hydrogens is 461 g/mol. The highest BCUT2D eigenvalue weighted by atomic mass is 32.2. The molecule has 10 heteroatoms. The van der Waals surface area contributed by atoms with E-state index in [0.717, 1.165) is 0 Å². The van der Waals surface area contributed by atoms with Crippen molar-refractivity contribution in [2.75, 3.05) is 6.54 Å². The zero-order chi connectivity index (χ0) is 25.0. The van der Waals surface area contributed by atoms with Crippen molar-refractivity contribution in [3.63, 3.8) is 0 Å². The molecule has 0 radical (unpaired) electrons. The molecular formula is C24H28FN3O5S. The SMILES string of the molecule is CC[C@@H](C(=O)NC(C)C)N(Cc1ccc(F)cc1)C(=O)CCN1C(=O)c2ccccc2S1(=O)=O. The van der Waals surface area contributed by atoms with Gasteiger partial charge in [0.15, 0.2) is 0 Å². The van der Waals surface area contributed by atoms with Gasteiger partial charge in [0.25, 0.3) is 15.9 Å². The van der Waals surface area contributed by atoms with E-state index in [9.17, 15) is 27.2 Å². The first-order chi connectivity index (χ1) is 16.1. The molecule has 3 rings (SSSR count). The van der Waals surface area contributed by atoms with Crippen LogP contribution in [0.1, 0.15) is 49.5 Å². The summed E-state index contributed by atoms with van der Waals surface area (Å²) in [5.74, 6) is -1.94. The monoisotopic (exact) mass is 489 g/mol. The van der Waals surface area contributed by atoms with Crippen molar-refractivity contribution in [1.29, 1.82) is 0 Å². The molecule has 0 unspecified atom stereocenters. The highest BCUT2D eigenvalue weighted by Gasteiger charge is 2.41. The maximum absolute atomic E-state index is 13.4. The molecule has 0 spiro atoms. The van der Waals surface area contributed by atoms with Gasteiger partial charge in [-0.1, -0.05) is 31.2 Å². The Morgan fingerprint density at radius 2 is 1.74 bits per heavy atom. The van der Waals surface area contributed by atoms with Gasteiger partial charge in [-0.25, -0.2) is 17.1 Å². The predicted molar refractivity (Wildman–Crippen MR) is 124 cm³/mol. The van der Waals surface area contributed by atoms with E-state index >= 15 is 0 Å². The zero-order valence-electron chi connectivity index (χ0n) is 19.3. The third-order valence-electron chi connectivity index (χ3n) is 5.52. The van der Waals surface area contributed by atoms with E-state index in [1.165, 1.54) is 47.4 Å². The van der Waals surface area contributed by atoms with Crippen LogP contribution in [0.25, 0.3) is 0 Å². The van der Waals surface area contributed by atoms with Crippen molar-refractivity contribution in [2.45, 2.75) is 57.1 Å². The first kappa shape index (κ1) is 25.4. The van der Waals surface area contributed by atoms with E-state index in [2.05, 4.69) is 5.32 Å². The predicted octanol–water partition coefficient (Wildman–Crippen LogP) is 2.69. The Hall–Kier alpha value is -3.27. The summed E-state index contributed by atoms with van der Waals surface area (Å²) in [6, 6.07) is 10.5. The first-order valence-electron chi connectivity index (χ1n) is 11.1. The third-order valence-corrected chi connectivity index (χ3v) is 7.36. The van der Waals surface area contributed by atoms with Crippen molar-refractivity contribution < 1.29 is 27.2 Å². The first-order valence-corrected chi connectivity index (χ1v) is 12.5. The summed E-state index contributed by atoms with van der Waals surface area (Å²) in [5, 5.41) is 2.80. The fraction of sp³-hybridized carbons (Fsp3) is 0.375. The molecule has 8 nitrogen and oxygen atoms in total. The van der Waals surface area contributed by atoms with Crippen LogP contribution in [0, 0.1) is 5.82 Å². The molecule has 1 atom stereocenters. The molecule has 3 amide bonds. The molecule has 182 valence electrons. The molecule has 0 saturated heterocycles. The van der Waals surface area contributed by atoms with Crippen molar-refractivity contribution in [2.24, 2.45) is 0 Å². The maximum atomic E-state index is 13.4. The van der Waals surface area contributed by atoms with Crippen molar-refractivity contribution in [1.82, 2.24) is 14.5 Å². The molecule has 0 bridgehead atoms. The van der Waals surface area contributed by atoms with E-state index < -0.39 is 33.7 Å². The number of fused-ring (bicyclic) bond motifs is 1. The molecule has 1 aliphatic heterocycles. The second-order valence-corrected chi connectivity index (χ2v) is 10.2. The van der Waals surface area contributed by atoms with Gasteiger partial charge in [0.2, 0.25) is 11.8 Å². The summed E-state index contributed by atoms with van der Waals surface area (Å²) < 4.78 is 39.7. The second kappa shape index (κ2) is 10.3. The number of hydrogen-bond donors (Lipinski definition) is 1. The molecule has 1 heterocycles. The standard InChI is InChI=1S/C24H28FN3O5S/c1-4-20(23(30)26-16(2)3)27(15-17-9-11-18(25)12-10-17)22(29)13-14-28-24(31)19-7-5-6-8-21(19)34(28,32)33/h5-12,16,20H,4,13-15H2,1-3H3,(H,26,30)/t20-/m0/s1. The molecule has 1 aliphatic rings. The van der Waals surface area contributed by atoms with Gasteiger partial charge >= 0.3 is 0 Å². The highest BCUT2D eigenvalue weighted by molar-refractivity contribution is 7.90. The van der Waals surface area contributed by atoms with Gasteiger partial charge in [0.05, 0.1) is 5.56 Å². The minimum absolute atomic E-state index is 0.0318. The summed E-state index contributed by atoms with van der Waals surface area (Å²) in [7, 11) is -4.05. The van der Waals surface area contributed by atoms with E-state index in [0.29, 0.717) is 16.3 Å². The Kier molecular flexibility index (Phi) is 7.71. The number of sulfonamides is 1. The minimum atomic E-state index is -4.05. The lowest BCUT2D eigenvalue weighted by Crippen LogP contribution is -2.51. The van der Waals surface area contributed by atoms with Gasteiger partial charge in [-0.2, -0.15) is 0 Å². The third kappa shape index (κ3) is 5.27. The lowest BCUT2D eigenvalue weighted by molar-refractivity contribution is -0.141. The Balaban J connectivity index is 1.82. The lowest BCUT2D eigenvalue weighted by Gasteiger charge is -2.31. The molecule has 0 aliphatic carbocycles. The van der Waals surface area contributed by atoms with Crippen molar-refractivity contribution in [3.8, 4) is 0 Å². The normalized spacial score (nSPS) is 15.2. The molecule has 34 heavy (non-hydrogen) atoms. The van der Waals surface area contributed by atoms with E-state index in [1.807, 2.05) is 0 Å². The molecule has 0 aromatic heterocycles. The lowest BCUT2D eigenvalue weighted by atomic mass is 10.1. The minimum Gasteiger partial charge on any atom is -0.352 e. The number of benzene rings is 2. The van der Waals surface area contributed by atoms with Crippen molar-refractivity contribution in [3.05, 3.63) is 65.5 Å². The molecule has 0 fully saturated rings. The van der Waals surface area contributed by atoms with Crippen LogP contribution in [0.2, 0.25) is 0 Å². The number of carbonyl (C=O) groups is 3. The van der Waals surface area contributed by atoms with Gasteiger partial charge < -0.3 is 10.2 Å².